The molecule has 116 valence electrons. The predicted octanol–water partition coefficient (Wildman–Crippen LogP) is 4.04. The smallest absolute Gasteiger partial charge is 0.0406 e. The van der Waals surface area contributed by atoms with Gasteiger partial charge in [0.2, 0.25) is 0 Å². The van der Waals surface area contributed by atoms with E-state index in [4.69, 9.17) is 11.6 Å². The summed E-state index contributed by atoms with van der Waals surface area (Å²) in [6.45, 7) is 7.61. The molecule has 0 unspecified atom stereocenters. The van der Waals surface area contributed by atoms with E-state index >= 15 is 0 Å². The van der Waals surface area contributed by atoms with Gasteiger partial charge in [-0.2, -0.15) is 0 Å². The topological polar surface area (TPSA) is 6.48 Å². The third-order valence-electron chi connectivity index (χ3n) is 5.08. The monoisotopic (exact) mass is 306 g/mol. The van der Waals surface area contributed by atoms with Crippen molar-refractivity contribution in [1.82, 2.24) is 9.80 Å². The van der Waals surface area contributed by atoms with Crippen LogP contribution in [0.3, 0.4) is 0 Å². The summed E-state index contributed by atoms with van der Waals surface area (Å²) in [6.07, 6.45) is 7.00. The van der Waals surface area contributed by atoms with Crippen LogP contribution >= 0.6 is 11.6 Å². The largest absolute Gasteiger partial charge is 0.303 e. The highest BCUT2D eigenvalue weighted by Gasteiger charge is 2.20. The van der Waals surface area contributed by atoms with E-state index in [2.05, 4.69) is 21.9 Å². The molecule has 2 saturated heterocycles. The van der Waals surface area contributed by atoms with E-state index < -0.39 is 0 Å². The molecule has 0 saturated carbocycles. The SMILES string of the molecule is Clc1ccc(CN2CCC(CCN3CCCC3)CC2)cc1. The van der Waals surface area contributed by atoms with E-state index in [1.54, 1.807) is 0 Å². The molecule has 0 amide bonds. The van der Waals surface area contributed by atoms with E-state index in [1.807, 2.05) is 12.1 Å². The first-order valence-corrected chi connectivity index (χ1v) is 8.86. The van der Waals surface area contributed by atoms with E-state index in [1.165, 1.54) is 70.4 Å². The quantitative estimate of drug-likeness (QED) is 0.810. The Morgan fingerprint density at radius 2 is 1.57 bits per heavy atom. The first kappa shape index (κ1) is 15.3. The second-order valence-corrected chi connectivity index (χ2v) is 7.12. The Balaban J connectivity index is 1.37. The number of halogens is 1. The van der Waals surface area contributed by atoms with Crippen LogP contribution in [0.1, 0.15) is 37.7 Å². The summed E-state index contributed by atoms with van der Waals surface area (Å²) >= 11 is 5.94. The highest BCUT2D eigenvalue weighted by Crippen LogP contribution is 2.23. The highest BCUT2D eigenvalue weighted by molar-refractivity contribution is 6.30. The Labute approximate surface area is 134 Å². The molecular weight excluding hydrogens is 280 g/mol. The fraction of sp³-hybridized carbons (Fsp3) is 0.667. The minimum Gasteiger partial charge on any atom is -0.303 e. The fourth-order valence-corrected chi connectivity index (χ4v) is 3.78. The minimum atomic E-state index is 0.833. The lowest BCUT2D eigenvalue weighted by Gasteiger charge is -2.32. The summed E-state index contributed by atoms with van der Waals surface area (Å²) < 4.78 is 0. The summed E-state index contributed by atoms with van der Waals surface area (Å²) in [5.41, 5.74) is 1.38. The average molecular weight is 307 g/mol. The van der Waals surface area contributed by atoms with Crippen molar-refractivity contribution in [2.24, 2.45) is 5.92 Å². The molecule has 1 aromatic rings. The number of nitrogens with zero attached hydrogens (tertiary/aromatic N) is 2. The van der Waals surface area contributed by atoms with Gasteiger partial charge in [0, 0.05) is 11.6 Å². The summed E-state index contributed by atoms with van der Waals surface area (Å²) in [4.78, 5) is 5.25. The molecule has 2 aliphatic rings. The van der Waals surface area contributed by atoms with Crippen LogP contribution in [0.15, 0.2) is 24.3 Å². The van der Waals surface area contributed by atoms with Gasteiger partial charge < -0.3 is 4.90 Å². The fourth-order valence-electron chi connectivity index (χ4n) is 3.65. The molecule has 0 atom stereocenters. The van der Waals surface area contributed by atoms with Gasteiger partial charge in [0.05, 0.1) is 0 Å². The van der Waals surface area contributed by atoms with Crippen LogP contribution in [0, 0.1) is 5.92 Å². The van der Waals surface area contributed by atoms with Crippen molar-refractivity contribution in [2.75, 3.05) is 32.7 Å². The molecule has 2 aliphatic heterocycles. The zero-order valence-corrected chi connectivity index (χ0v) is 13.7. The molecule has 3 heteroatoms. The van der Waals surface area contributed by atoms with Crippen molar-refractivity contribution in [2.45, 2.75) is 38.6 Å². The van der Waals surface area contributed by atoms with Crippen LogP contribution in [0.5, 0.6) is 0 Å². The van der Waals surface area contributed by atoms with Crippen LogP contribution in [-0.4, -0.2) is 42.5 Å². The Morgan fingerprint density at radius 1 is 0.905 bits per heavy atom. The third-order valence-corrected chi connectivity index (χ3v) is 5.33. The first-order valence-electron chi connectivity index (χ1n) is 8.49. The Hall–Kier alpha value is -0.570. The van der Waals surface area contributed by atoms with Crippen molar-refractivity contribution < 1.29 is 0 Å². The lowest BCUT2D eigenvalue weighted by Crippen LogP contribution is -2.34. The van der Waals surface area contributed by atoms with Gasteiger partial charge in [-0.1, -0.05) is 23.7 Å². The highest BCUT2D eigenvalue weighted by atomic mass is 35.5. The zero-order chi connectivity index (χ0) is 14.5. The molecule has 0 radical (unpaired) electrons. The predicted molar refractivity (Wildman–Crippen MR) is 89.7 cm³/mol. The normalized spacial score (nSPS) is 22.0. The van der Waals surface area contributed by atoms with Crippen molar-refractivity contribution >= 4 is 11.6 Å². The van der Waals surface area contributed by atoms with Crippen molar-refractivity contribution in [1.29, 1.82) is 0 Å². The van der Waals surface area contributed by atoms with E-state index in [-0.39, 0.29) is 0 Å². The molecule has 1 aromatic carbocycles. The molecule has 0 spiro atoms. The van der Waals surface area contributed by atoms with E-state index in [9.17, 15) is 0 Å². The van der Waals surface area contributed by atoms with Crippen molar-refractivity contribution in [3.05, 3.63) is 34.9 Å². The zero-order valence-electron chi connectivity index (χ0n) is 12.9. The Bertz CT molecular complexity index is 417. The number of rotatable bonds is 5. The molecule has 2 heterocycles. The summed E-state index contributed by atoms with van der Waals surface area (Å²) in [6, 6.07) is 8.31. The van der Waals surface area contributed by atoms with Gasteiger partial charge in [0.1, 0.15) is 0 Å². The summed E-state index contributed by atoms with van der Waals surface area (Å²) in [5.74, 6) is 0.951. The number of hydrogen-bond acceptors (Lipinski definition) is 2. The van der Waals surface area contributed by atoms with Gasteiger partial charge in [-0.15, -0.1) is 0 Å². The molecule has 3 rings (SSSR count). The third kappa shape index (κ3) is 4.70. The van der Waals surface area contributed by atoms with Gasteiger partial charge in [0.25, 0.3) is 0 Å². The lowest BCUT2D eigenvalue weighted by atomic mass is 9.93. The number of likely N-dealkylation sites (tertiary alicyclic amines) is 2. The molecule has 2 fully saturated rings. The van der Waals surface area contributed by atoms with Gasteiger partial charge in [0.15, 0.2) is 0 Å². The van der Waals surface area contributed by atoms with Crippen molar-refractivity contribution in [3.63, 3.8) is 0 Å². The molecule has 0 aromatic heterocycles. The summed E-state index contributed by atoms with van der Waals surface area (Å²) in [7, 11) is 0. The van der Waals surface area contributed by atoms with Crippen LogP contribution < -0.4 is 0 Å². The van der Waals surface area contributed by atoms with Gasteiger partial charge in [-0.05, 0) is 88.4 Å². The molecule has 21 heavy (non-hydrogen) atoms. The van der Waals surface area contributed by atoms with Gasteiger partial charge >= 0.3 is 0 Å². The summed E-state index contributed by atoms with van der Waals surface area (Å²) in [5, 5.41) is 0.833. The first-order chi connectivity index (χ1) is 10.3. The van der Waals surface area contributed by atoms with Gasteiger partial charge in [-0.25, -0.2) is 0 Å². The lowest BCUT2D eigenvalue weighted by molar-refractivity contribution is 0.162. The van der Waals surface area contributed by atoms with Crippen LogP contribution in [0.25, 0.3) is 0 Å². The van der Waals surface area contributed by atoms with E-state index in [0.717, 1.165) is 17.5 Å². The number of benzene rings is 1. The number of hydrogen-bond donors (Lipinski definition) is 0. The Kier molecular flexibility index (Phi) is 5.56. The van der Waals surface area contributed by atoms with Crippen LogP contribution in [-0.2, 0) is 6.54 Å². The van der Waals surface area contributed by atoms with Crippen molar-refractivity contribution in [3.8, 4) is 0 Å². The molecule has 0 N–H and O–H groups in total. The van der Waals surface area contributed by atoms with Crippen LogP contribution in [0.2, 0.25) is 5.02 Å². The molecule has 2 nitrogen and oxygen atoms in total. The average Bonchev–Trinajstić information content (AvgIpc) is 3.02. The van der Waals surface area contributed by atoms with E-state index in [0.29, 0.717) is 0 Å². The maximum atomic E-state index is 5.94. The Morgan fingerprint density at radius 3 is 2.24 bits per heavy atom. The number of piperidine rings is 1. The second-order valence-electron chi connectivity index (χ2n) is 6.68. The van der Waals surface area contributed by atoms with Gasteiger partial charge in [-0.3, -0.25) is 4.90 Å². The molecular formula is C18H27ClN2. The molecule has 0 aliphatic carbocycles. The standard InChI is InChI=1S/C18H27ClN2/c19-18-5-3-17(4-6-18)15-21-13-8-16(9-14-21)7-12-20-10-1-2-11-20/h3-6,16H,1-2,7-15H2. The second kappa shape index (κ2) is 7.62. The maximum absolute atomic E-state index is 5.94. The van der Waals surface area contributed by atoms with Crippen LogP contribution in [0.4, 0.5) is 0 Å². The maximum Gasteiger partial charge on any atom is 0.0406 e. The molecule has 0 bridgehead atoms. The minimum absolute atomic E-state index is 0.833.